The van der Waals surface area contributed by atoms with Gasteiger partial charge in [-0.3, -0.25) is 4.79 Å². The zero-order chi connectivity index (χ0) is 14.2. The summed E-state index contributed by atoms with van der Waals surface area (Å²) in [4.78, 5) is 19.7. The molecule has 0 aromatic rings. The lowest BCUT2D eigenvalue weighted by Crippen LogP contribution is -2.43. The number of amides is 1. The molecular formula is C10H19NO6. The van der Waals surface area contributed by atoms with Crippen LogP contribution in [0.3, 0.4) is 0 Å². The van der Waals surface area contributed by atoms with Gasteiger partial charge in [0.2, 0.25) is 5.91 Å². The maximum Gasteiger partial charge on any atom is 0.243 e. The van der Waals surface area contributed by atoms with Crippen LogP contribution in [0.2, 0.25) is 0 Å². The molecule has 0 spiro atoms. The van der Waals surface area contributed by atoms with E-state index in [2.05, 4.69) is 6.58 Å². The minimum atomic E-state index is -1.65. The second-order valence-corrected chi connectivity index (χ2v) is 3.49. The number of carbonyl (C=O) groups is 2. The number of hydrogen-bond donors (Lipinski definition) is 5. The van der Waals surface area contributed by atoms with Crippen molar-refractivity contribution >= 4 is 12.2 Å². The van der Waals surface area contributed by atoms with Crippen LogP contribution >= 0.6 is 0 Å². The van der Waals surface area contributed by atoms with Crippen LogP contribution in [-0.2, 0) is 9.59 Å². The molecule has 100 valence electrons. The molecule has 0 saturated carbocycles. The van der Waals surface area contributed by atoms with Gasteiger partial charge in [-0.05, 0) is 13.8 Å². The third kappa shape index (κ3) is 8.52. The molecule has 0 aromatic carbocycles. The summed E-state index contributed by atoms with van der Waals surface area (Å²) in [6.07, 6.45) is -5.88. The van der Waals surface area contributed by atoms with E-state index in [9.17, 15) is 9.59 Å². The molecular weight excluding hydrogens is 230 g/mol. The number of nitrogens with two attached hydrogens (primary N) is 1. The molecule has 6 N–H and O–H groups in total. The summed E-state index contributed by atoms with van der Waals surface area (Å²) in [6.45, 7) is 6.09. The standard InChI is InChI=1S/C6H12O5.C4H7NO/c1-3(8)5(10)6(11)4(9)2-7;1-3(2)4(5)6/h2-6,8-11H,1H3;1H2,2H3,(H2,5,6)/t3-,4+,5+,6-;/m1./s1. The van der Waals surface area contributed by atoms with Crippen molar-refractivity contribution in [3.63, 3.8) is 0 Å². The van der Waals surface area contributed by atoms with Crippen LogP contribution in [0.5, 0.6) is 0 Å². The highest BCUT2D eigenvalue weighted by atomic mass is 16.4. The lowest BCUT2D eigenvalue weighted by Gasteiger charge is -2.21. The summed E-state index contributed by atoms with van der Waals surface area (Å²) < 4.78 is 0. The summed E-state index contributed by atoms with van der Waals surface area (Å²) in [6, 6.07) is 0. The molecule has 0 heterocycles. The van der Waals surface area contributed by atoms with E-state index in [1.165, 1.54) is 6.92 Å². The number of carbonyl (C=O) groups excluding carboxylic acids is 2. The Bertz CT molecular complexity index is 254. The Labute approximate surface area is 99.2 Å². The first-order valence-electron chi connectivity index (χ1n) is 4.78. The number of primary amides is 1. The first-order chi connectivity index (χ1) is 7.64. The van der Waals surface area contributed by atoms with Crippen molar-refractivity contribution in [2.45, 2.75) is 38.3 Å². The van der Waals surface area contributed by atoms with E-state index in [0.717, 1.165) is 0 Å². The molecule has 4 atom stereocenters. The zero-order valence-corrected chi connectivity index (χ0v) is 9.78. The van der Waals surface area contributed by atoms with Crippen LogP contribution in [-0.4, -0.2) is 57.0 Å². The van der Waals surface area contributed by atoms with Crippen molar-refractivity contribution in [3.05, 3.63) is 12.2 Å². The number of aliphatic hydroxyl groups excluding tert-OH is 4. The first-order valence-corrected chi connectivity index (χ1v) is 4.78. The molecule has 0 radical (unpaired) electrons. The Kier molecular flexibility index (Phi) is 9.39. The molecule has 0 bridgehead atoms. The van der Waals surface area contributed by atoms with Crippen molar-refractivity contribution in [2.24, 2.45) is 5.73 Å². The second-order valence-electron chi connectivity index (χ2n) is 3.49. The Hall–Kier alpha value is -1.28. The topological polar surface area (TPSA) is 141 Å². The quantitative estimate of drug-likeness (QED) is 0.274. The Morgan fingerprint density at radius 3 is 1.76 bits per heavy atom. The molecule has 0 aromatic heterocycles. The summed E-state index contributed by atoms with van der Waals surface area (Å²) >= 11 is 0. The van der Waals surface area contributed by atoms with E-state index < -0.39 is 30.3 Å². The maximum absolute atomic E-state index is 9.87. The SMILES string of the molecule is C=C(C)C(N)=O.C[C@@H](O)[C@H](O)[C@H](O)[C@@H](O)C=O. The molecule has 0 fully saturated rings. The van der Waals surface area contributed by atoms with Gasteiger partial charge in [-0.1, -0.05) is 6.58 Å². The first kappa shape index (κ1) is 18.1. The van der Waals surface area contributed by atoms with Crippen LogP contribution in [0.25, 0.3) is 0 Å². The van der Waals surface area contributed by atoms with Gasteiger partial charge in [-0.15, -0.1) is 0 Å². The van der Waals surface area contributed by atoms with E-state index in [1.54, 1.807) is 6.92 Å². The fourth-order valence-electron chi connectivity index (χ4n) is 0.568. The normalized spacial score (nSPS) is 16.8. The predicted molar refractivity (Wildman–Crippen MR) is 59.8 cm³/mol. The lowest BCUT2D eigenvalue weighted by atomic mass is 10.1. The minimum Gasteiger partial charge on any atom is -0.391 e. The lowest BCUT2D eigenvalue weighted by molar-refractivity contribution is -0.132. The summed E-state index contributed by atoms with van der Waals surface area (Å²) in [5, 5.41) is 35.1. The fraction of sp³-hybridized carbons (Fsp3) is 0.600. The molecule has 0 aliphatic heterocycles. The van der Waals surface area contributed by atoms with E-state index in [0.29, 0.717) is 5.57 Å². The number of aldehydes is 1. The molecule has 0 aliphatic carbocycles. The molecule has 1 amide bonds. The minimum absolute atomic E-state index is 0.0935. The molecule has 0 unspecified atom stereocenters. The van der Waals surface area contributed by atoms with Crippen LogP contribution in [0, 0.1) is 0 Å². The van der Waals surface area contributed by atoms with Crippen molar-refractivity contribution in [1.29, 1.82) is 0 Å². The van der Waals surface area contributed by atoms with Crippen LogP contribution in [0.15, 0.2) is 12.2 Å². The van der Waals surface area contributed by atoms with E-state index in [4.69, 9.17) is 26.2 Å². The van der Waals surface area contributed by atoms with Crippen LogP contribution in [0.1, 0.15) is 13.8 Å². The van der Waals surface area contributed by atoms with Crippen molar-refractivity contribution in [2.75, 3.05) is 0 Å². The highest BCUT2D eigenvalue weighted by Crippen LogP contribution is 2.02. The van der Waals surface area contributed by atoms with Crippen molar-refractivity contribution in [3.8, 4) is 0 Å². The monoisotopic (exact) mass is 249 g/mol. The summed E-state index contributed by atoms with van der Waals surface area (Å²) in [5.74, 6) is -0.435. The van der Waals surface area contributed by atoms with Crippen molar-refractivity contribution in [1.82, 2.24) is 0 Å². The average Bonchev–Trinajstić information content (AvgIpc) is 2.26. The van der Waals surface area contributed by atoms with Crippen molar-refractivity contribution < 1.29 is 30.0 Å². The van der Waals surface area contributed by atoms with E-state index in [1.807, 2.05) is 0 Å². The highest BCUT2D eigenvalue weighted by Gasteiger charge is 2.27. The third-order valence-electron chi connectivity index (χ3n) is 1.75. The Morgan fingerprint density at radius 1 is 1.24 bits per heavy atom. The number of hydrogen-bond acceptors (Lipinski definition) is 6. The number of rotatable bonds is 5. The van der Waals surface area contributed by atoms with Gasteiger partial charge in [0.15, 0.2) is 6.29 Å². The van der Waals surface area contributed by atoms with Gasteiger partial charge in [-0.2, -0.15) is 0 Å². The molecule has 0 rings (SSSR count). The summed E-state index contributed by atoms with van der Waals surface area (Å²) in [7, 11) is 0. The van der Waals surface area contributed by atoms with Crippen LogP contribution < -0.4 is 5.73 Å². The van der Waals surface area contributed by atoms with E-state index >= 15 is 0 Å². The van der Waals surface area contributed by atoms with Gasteiger partial charge in [0.25, 0.3) is 0 Å². The number of aliphatic hydroxyl groups is 4. The molecule has 17 heavy (non-hydrogen) atoms. The molecule has 0 aliphatic rings. The highest BCUT2D eigenvalue weighted by molar-refractivity contribution is 5.90. The van der Waals surface area contributed by atoms with Gasteiger partial charge >= 0.3 is 0 Å². The third-order valence-corrected chi connectivity index (χ3v) is 1.75. The smallest absolute Gasteiger partial charge is 0.243 e. The fourth-order valence-corrected chi connectivity index (χ4v) is 0.568. The van der Waals surface area contributed by atoms with Gasteiger partial charge in [-0.25, -0.2) is 0 Å². The Balaban J connectivity index is 0. The summed E-state index contributed by atoms with van der Waals surface area (Å²) in [5.41, 5.74) is 5.09. The van der Waals surface area contributed by atoms with Gasteiger partial charge in [0.1, 0.15) is 18.3 Å². The van der Waals surface area contributed by atoms with E-state index in [-0.39, 0.29) is 6.29 Å². The largest absolute Gasteiger partial charge is 0.391 e. The van der Waals surface area contributed by atoms with Gasteiger partial charge in [0, 0.05) is 5.57 Å². The average molecular weight is 249 g/mol. The molecule has 7 nitrogen and oxygen atoms in total. The van der Waals surface area contributed by atoms with Gasteiger partial charge in [0.05, 0.1) is 6.10 Å². The molecule has 0 saturated heterocycles. The predicted octanol–water partition coefficient (Wildman–Crippen LogP) is -2.30. The zero-order valence-electron chi connectivity index (χ0n) is 9.78. The second kappa shape index (κ2) is 8.82. The van der Waals surface area contributed by atoms with Gasteiger partial charge < -0.3 is 31.0 Å². The molecule has 7 heteroatoms. The van der Waals surface area contributed by atoms with Crippen LogP contribution in [0.4, 0.5) is 0 Å². The Morgan fingerprint density at radius 2 is 1.59 bits per heavy atom. The maximum atomic E-state index is 9.87.